The maximum atomic E-state index is 12.2. The molecule has 0 unspecified atom stereocenters. The average molecular weight is 361 g/mol. The van der Waals surface area contributed by atoms with Crippen molar-refractivity contribution in [1.29, 1.82) is 0 Å². The number of benzene rings is 1. The van der Waals surface area contributed by atoms with Gasteiger partial charge in [-0.05, 0) is 31.0 Å². The second-order valence-corrected chi connectivity index (χ2v) is 7.51. The standard InChI is InChI=1S/C13H17BrN2O3S/c14-10-6-9(7-12(8-10)20(15,18)19)13(17)16-11-4-2-1-3-5-11/h6-8,11H,1-5H2,(H,16,17)(H2,15,18,19). The van der Waals surface area contributed by atoms with Gasteiger partial charge in [-0.25, -0.2) is 13.6 Å². The minimum Gasteiger partial charge on any atom is -0.349 e. The molecular weight excluding hydrogens is 344 g/mol. The van der Waals surface area contributed by atoms with E-state index >= 15 is 0 Å². The van der Waals surface area contributed by atoms with Crippen LogP contribution in [0.3, 0.4) is 0 Å². The number of carbonyl (C=O) groups excluding carboxylic acids is 1. The molecular formula is C13H17BrN2O3S. The lowest BCUT2D eigenvalue weighted by Gasteiger charge is -2.22. The fourth-order valence-corrected chi connectivity index (χ4v) is 3.60. The number of rotatable bonds is 3. The Morgan fingerprint density at radius 2 is 1.85 bits per heavy atom. The predicted molar refractivity (Wildman–Crippen MR) is 79.9 cm³/mol. The van der Waals surface area contributed by atoms with Crippen LogP contribution >= 0.6 is 15.9 Å². The highest BCUT2D eigenvalue weighted by Gasteiger charge is 2.18. The lowest BCUT2D eigenvalue weighted by Crippen LogP contribution is -2.36. The van der Waals surface area contributed by atoms with Gasteiger partial charge in [0.05, 0.1) is 4.90 Å². The number of primary sulfonamides is 1. The highest BCUT2D eigenvalue weighted by Crippen LogP contribution is 2.21. The van der Waals surface area contributed by atoms with Gasteiger partial charge in [0.15, 0.2) is 0 Å². The number of hydrogen-bond donors (Lipinski definition) is 2. The monoisotopic (exact) mass is 360 g/mol. The Balaban J connectivity index is 2.19. The Hall–Kier alpha value is -0.920. The molecule has 0 heterocycles. The Morgan fingerprint density at radius 1 is 1.20 bits per heavy atom. The van der Waals surface area contributed by atoms with Crippen LogP contribution in [-0.2, 0) is 10.0 Å². The van der Waals surface area contributed by atoms with E-state index in [4.69, 9.17) is 5.14 Å². The molecule has 0 aromatic heterocycles. The van der Waals surface area contributed by atoms with Crippen LogP contribution in [0.2, 0.25) is 0 Å². The first-order chi connectivity index (χ1) is 9.36. The Morgan fingerprint density at radius 3 is 2.45 bits per heavy atom. The summed E-state index contributed by atoms with van der Waals surface area (Å²) in [5.74, 6) is -0.261. The average Bonchev–Trinajstić information content (AvgIpc) is 2.38. The molecule has 0 bridgehead atoms. The molecule has 1 aliphatic carbocycles. The highest BCUT2D eigenvalue weighted by atomic mass is 79.9. The molecule has 2 rings (SSSR count). The molecule has 1 saturated carbocycles. The third-order valence-corrected chi connectivity index (χ3v) is 4.75. The Bertz CT molecular complexity index is 610. The lowest BCUT2D eigenvalue weighted by atomic mass is 9.95. The molecule has 7 heteroatoms. The molecule has 1 aliphatic rings. The minimum absolute atomic E-state index is 0.0688. The van der Waals surface area contributed by atoms with E-state index in [-0.39, 0.29) is 16.8 Å². The lowest BCUT2D eigenvalue weighted by molar-refractivity contribution is 0.0927. The first kappa shape index (κ1) is 15.5. The Labute approximate surface area is 127 Å². The van der Waals surface area contributed by atoms with Crippen molar-refractivity contribution in [2.75, 3.05) is 0 Å². The van der Waals surface area contributed by atoms with Gasteiger partial charge in [0, 0.05) is 16.1 Å². The number of sulfonamides is 1. The summed E-state index contributed by atoms with van der Waals surface area (Å²) in [7, 11) is -3.82. The number of nitrogens with one attached hydrogen (secondary N) is 1. The van der Waals surface area contributed by atoms with Gasteiger partial charge in [0.1, 0.15) is 0 Å². The summed E-state index contributed by atoms with van der Waals surface area (Å²) in [5.41, 5.74) is 0.300. The van der Waals surface area contributed by atoms with Crippen LogP contribution in [0.5, 0.6) is 0 Å². The van der Waals surface area contributed by atoms with Gasteiger partial charge >= 0.3 is 0 Å². The van der Waals surface area contributed by atoms with Crippen molar-refractivity contribution in [3.63, 3.8) is 0 Å². The van der Waals surface area contributed by atoms with E-state index < -0.39 is 10.0 Å². The van der Waals surface area contributed by atoms with Crippen LogP contribution in [0.25, 0.3) is 0 Å². The van der Waals surface area contributed by atoms with Gasteiger partial charge in [-0.3, -0.25) is 4.79 Å². The predicted octanol–water partition coefficient (Wildman–Crippen LogP) is 2.16. The third-order valence-electron chi connectivity index (χ3n) is 3.40. The fourth-order valence-electron chi connectivity index (χ4n) is 2.37. The van der Waals surface area contributed by atoms with E-state index in [0.717, 1.165) is 25.7 Å². The molecule has 0 atom stereocenters. The molecule has 5 nitrogen and oxygen atoms in total. The first-order valence-electron chi connectivity index (χ1n) is 6.50. The summed E-state index contributed by atoms with van der Waals surface area (Å²) < 4.78 is 23.3. The van der Waals surface area contributed by atoms with Crippen molar-refractivity contribution >= 4 is 31.9 Å². The van der Waals surface area contributed by atoms with Gasteiger partial charge in [-0.1, -0.05) is 35.2 Å². The summed E-state index contributed by atoms with van der Waals surface area (Å²) in [4.78, 5) is 12.1. The van der Waals surface area contributed by atoms with Crippen molar-refractivity contribution in [2.24, 2.45) is 5.14 Å². The molecule has 1 aromatic rings. The summed E-state index contributed by atoms with van der Waals surface area (Å²) >= 11 is 3.20. The topological polar surface area (TPSA) is 89.3 Å². The number of nitrogens with two attached hydrogens (primary N) is 1. The SMILES string of the molecule is NS(=O)(=O)c1cc(Br)cc(C(=O)NC2CCCCC2)c1. The molecule has 0 radical (unpaired) electrons. The molecule has 3 N–H and O–H groups in total. The fraction of sp³-hybridized carbons (Fsp3) is 0.462. The third kappa shape index (κ3) is 4.04. The van der Waals surface area contributed by atoms with Crippen molar-refractivity contribution in [3.8, 4) is 0 Å². The number of hydrogen-bond acceptors (Lipinski definition) is 3. The zero-order chi connectivity index (χ0) is 14.8. The van der Waals surface area contributed by atoms with Gasteiger partial charge in [0.25, 0.3) is 5.91 Å². The minimum atomic E-state index is -3.82. The van der Waals surface area contributed by atoms with Gasteiger partial charge < -0.3 is 5.32 Å². The molecule has 1 amide bonds. The van der Waals surface area contributed by atoms with Crippen molar-refractivity contribution in [1.82, 2.24) is 5.32 Å². The van der Waals surface area contributed by atoms with Crippen molar-refractivity contribution in [2.45, 2.75) is 43.0 Å². The van der Waals surface area contributed by atoms with Crippen LogP contribution in [0.15, 0.2) is 27.6 Å². The molecule has 1 fully saturated rings. The van der Waals surface area contributed by atoms with Gasteiger partial charge in [-0.2, -0.15) is 0 Å². The Kier molecular flexibility index (Phi) is 4.82. The second-order valence-electron chi connectivity index (χ2n) is 5.03. The second kappa shape index (κ2) is 6.24. The molecule has 20 heavy (non-hydrogen) atoms. The highest BCUT2D eigenvalue weighted by molar-refractivity contribution is 9.10. The van der Waals surface area contributed by atoms with E-state index in [1.807, 2.05) is 0 Å². The van der Waals surface area contributed by atoms with Gasteiger partial charge in [-0.15, -0.1) is 0 Å². The van der Waals surface area contributed by atoms with E-state index in [1.165, 1.54) is 18.6 Å². The van der Waals surface area contributed by atoms with Crippen LogP contribution in [-0.4, -0.2) is 20.4 Å². The van der Waals surface area contributed by atoms with Crippen molar-refractivity contribution < 1.29 is 13.2 Å². The molecule has 0 aliphatic heterocycles. The van der Waals surface area contributed by atoms with E-state index in [1.54, 1.807) is 6.07 Å². The maximum Gasteiger partial charge on any atom is 0.251 e. The summed E-state index contributed by atoms with van der Waals surface area (Å²) in [6.45, 7) is 0. The first-order valence-corrected chi connectivity index (χ1v) is 8.84. The smallest absolute Gasteiger partial charge is 0.251 e. The normalized spacial score (nSPS) is 16.9. The van der Waals surface area contributed by atoms with Crippen LogP contribution < -0.4 is 10.5 Å². The number of halogens is 1. The zero-order valence-electron chi connectivity index (χ0n) is 10.9. The molecule has 0 spiro atoms. The number of amides is 1. The summed E-state index contributed by atoms with van der Waals surface area (Å²) in [5, 5.41) is 8.04. The van der Waals surface area contributed by atoms with Crippen molar-refractivity contribution in [3.05, 3.63) is 28.2 Å². The molecule has 1 aromatic carbocycles. The number of carbonyl (C=O) groups is 1. The van der Waals surface area contributed by atoms with Crippen LogP contribution in [0, 0.1) is 0 Å². The van der Waals surface area contributed by atoms with E-state index in [9.17, 15) is 13.2 Å². The summed E-state index contributed by atoms with van der Waals surface area (Å²) in [6.07, 6.45) is 5.39. The largest absolute Gasteiger partial charge is 0.349 e. The van der Waals surface area contributed by atoms with Gasteiger partial charge in [0.2, 0.25) is 10.0 Å². The van der Waals surface area contributed by atoms with E-state index in [0.29, 0.717) is 10.0 Å². The zero-order valence-corrected chi connectivity index (χ0v) is 13.3. The van der Waals surface area contributed by atoms with Crippen LogP contribution in [0.4, 0.5) is 0 Å². The quantitative estimate of drug-likeness (QED) is 0.865. The maximum absolute atomic E-state index is 12.2. The molecule has 110 valence electrons. The molecule has 0 saturated heterocycles. The van der Waals surface area contributed by atoms with E-state index in [2.05, 4.69) is 21.2 Å². The van der Waals surface area contributed by atoms with Crippen LogP contribution in [0.1, 0.15) is 42.5 Å². The summed E-state index contributed by atoms with van der Waals surface area (Å²) in [6, 6.07) is 4.45.